The Morgan fingerprint density at radius 2 is 2.00 bits per heavy atom. The predicted octanol–water partition coefficient (Wildman–Crippen LogP) is 1.04. The molecule has 5 heteroatoms. The van der Waals surface area contributed by atoms with E-state index >= 15 is 0 Å². The van der Waals surface area contributed by atoms with Crippen molar-refractivity contribution in [2.75, 3.05) is 6.54 Å². The van der Waals surface area contributed by atoms with Crippen LogP contribution in [0.25, 0.3) is 0 Å². The van der Waals surface area contributed by atoms with Crippen molar-refractivity contribution in [3.63, 3.8) is 0 Å². The first-order valence-electron chi connectivity index (χ1n) is 5.50. The molecule has 0 saturated carbocycles. The third-order valence-corrected chi connectivity index (χ3v) is 1.78. The van der Waals surface area contributed by atoms with E-state index in [9.17, 15) is 9.59 Å². The number of carbonyl (C=O) groups is 2. The zero-order valence-electron chi connectivity index (χ0n) is 10.8. The van der Waals surface area contributed by atoms with Crippen LogP contribution in [0.1, 0.15) is 34.1 Å². The molecule has 0 spiro atoms. The smallest absolute Gasteiger partial charge is 0.408 e. The van der Waals surface area contributed by atoms with Crippen LogP contribution in [0.3, 0.4) is 0 Å². The van der Waals surface area contributed by atoms with Gasteiger partial charge in [-0.05, 0) is 27.2 Å². The Balaban J connectivity index is 4.26. The highest BCUT2D eigenvalue weighted by molar-refractivity contribution is 5.85. The van der Waals surface area contributed by atoms with E-state index in [2.05, 4.69) is 16.6 Å². The molecular weight excluding hydrogens is 220 g/mol. The predicted molar refractivity (Wildman–Crippen MR) is 65.3 cm³/mol. The molecule has 0 aliphatic carbocycles. The lowest BCUT2D eigenvalue weighted by Gasteiger charge is -2.22. The number of carbonyl (C=O) groups excluding carboxylic acids is 2. The van der Waals surface area contributed by atoms with Crippen LogP contribution in [0.4, 0.5) is 4.79 Å². The summed E-state index contributed by atoms with van der Waals surface area (Å²) in [5, 5.41) is 5.00. The van der Waals surface area contributed by atoms with Gasteiger partial charge in [0.2, 0.25) is 5.91 Å². The second-order valence-electron chi connectivity index (χ2n) is 4.53. The van der Waals surface area contributed by atoms with Gasteiger partial charge >= 0.3 is 6.09 Å². The number of amides is 2. The van der Waals surface area contributed by atoms with Crippen molar-refractivity contribution in [3.05, 3.63) is 0 Å². The second kappa shape index (κ2) is 6.79. The average molecular weight is 240 g/mol. The van der Waals surface area contributed by atoms with Gasteiger partial charge < -0.3 is 15.4 Å². The molecule has 96 valence electrons. The van der Waals surface area contributed by atoms with Crippen LogP contribution < -0.4 is 10.6 Å². The third-order valence-electron chi connectivity index (χ3n) is 1.78. The van der Waals surface area contributed by atoms with E-state index in [1.807, 2.05) is 0 Å². The molecule has 2 amide bonds. The van der Waals surface area contributed by atoms with Crippen molar-refractivity contribution >= 4 is 12.0 Å². The van der Waals surface area contributed by atoms with E-state index in [0.717, 1.165) is 0 Å². The minimum absolute atomic E-state index is 0.144. The molecule has 0 saturated heterocycles. The van der Waals surface area contributed by atoms with Gasteiger partial charge in [0, 0.05) is 0 Å². The highest BCUT2D eigenvalue weighted by Crippen LogP contribution is 2.07. The molecule has 0 bridgehead atoms. The Hall–Kier alpha value is -1.70. The molecule has 2 N–H and O–H groups in total. The van der Waals surface area contributed by atoms with Gasteiger partial charge in [-0.1, -0.05) is 12.8 Å². The summed E-state index contributed by atoms with van der Waals surface area (Å²) in [6.45, 7) is 7.20. The van der Waals surface area contributed by atoms with E-state index in [4.69, 9.17) is 11.2 Å². The largest absolute Gasteiger partial charge is 0.444 e. The number of rotatable bonds is 4. The fourth-order valence-electron chi connectivity index (χ4n) is 1.06. The fraction of sp³-hybridized carbons (Fsp3) is 0.667. The number of terminal acetylenes is 1. The molecule has 0 heterocycles. The molecule has 0 unspecified atom stereocenters. The normalized spacial score (nSPS) is 12.2. The average Bonchev–Trinajstić information content (AvgIpc) is 2.19. The first-order valence-corrected chi connectivity index (χ1v) is 5.50. The summed E-state index contributed by atoms with van der Waals surface area (Å²) in [6, 6.07) is -0.627. The summed E-state index contributed by atoms with van der Waals surface area (Å²) >= 11 is 0. The quantitative estimate of drug-likeness (QED) is 0.721. The summed E-state index contributed by atoms with van der Waals surface area (Å²) in [6.07, 6.45) is 4.88. The Bertz CT molecular complexity index is 313. The maximum absolute atomic E-state index is 11.6. The van der Waals surface area contributed by atoms with Gasteiger partial charge in [-0.2, -0.15) is 0 Å². The van der Waals surface area contributed by atoms with Gasteiger partial charge in [-0.15, -0.1) is 6.42 Å². The maximum atomic E-state index is 11.6. The third kappa shape index (κ3) is 7.23. The lowest BCUT2D eigenvalue weighted by molar-refractivity contribution is -0.123. The molecule has 0 fully saturated rings. The van der Waals surface area contributed by atoms with Gasteiger partial charge in [-0.25, -0.2) is 4.79 Å². The number of hydrogen-bond donors (Lipinski definition) is 2. The highest BCUT2D eigenvalue weighted by Gasteiger charge is 2.22. The minimum atomic E-state index is -0.627. The van der Waals surface area contributed by atoms with E-state index in [-0.39, 0.29) is 12.5 Å². The van der Waals surface area contributed by atoms with Crippen molar-refractivity contribution in [2.45, 2.75) is 45.8 Å². The number of nitrogens with one attached hydrogen (secondary N) is 2. The topological polar surface area (TPSA) is 67.4 Å². The Kier molecular flexibility index (Phi) is 6.11. The molecule has 5 nitrogen and oxygen atoms in total. The van der Waals surface area contributed by atoms with Crippen molar-refractivity contribution in [1.29, 1.82) is 0 Å². The van der Waals surface area contributed by atoms with Crippen LogP contribution >= 0.6 is 0 Å². The van der Waals surface area contributed by atoms with Gasteiger partial charge in [0.25, 0.3) is 0 Å². The maximum Gasteiger partial charge on any atom is 0.408 e. The molecule has 1 atom stereocenters. The molecular formula is C12H20N2O3. The Morgan fingerprint density at radius 1 is 1.41 bits per heavy atom. The minimum Gasteiger partial charge on any atom is -0.444 e. The van der Waals surface area contributed by atoms with E-state index in [0.29, 0.717) is 6.42 Å². The van der Waals surface area contributed by atoms with Crippen molar-refractivity contribution < 1.29 is 14.3 Å². The van der Waals surface area contributed by atoms with Crippen molar-refractivity contribution in [2.24, 2.45) is 0 Å². The Labute approximate surface area is 102 Å². The zero-order chi connectivity index (χ0) is 13.5. The first kappa shape index (κ1) is 15.3. The first-order chi connectivity index (χ1) is 7.80. The van der Waals surface area contributed by atoms with Crippen LogP contribution in [0.2, 0.25) is 0 Å². The van der Waals surface area contributed by atoms with Crippen LogP contribution in [0, 0.1) is 12.3 Å². The summed E-state index contributed by atoms with van der Waals surface area (Å²) in [7, 11) is 0. The van der Waals surface area contributed by atoms with Gasteiger partial charge in [-0.3, -0.25) is 4.79 Å². The molecule has 0 rings (SSSR count). The summed E-state index contributed by atoms with van der Waals surface area (Å²) in [5.41, 5.74) is -0.586. The molecule has 0 aromatic heterocycles. The van der Waals surface area contributed by atoms with Crippen molar-refractivity contribution in [1.82, 2.24) is 10.6 Å². The summed E-state index contributed by atoms with van der Waals surface area (Å²) in [5.74, 6) is 1.98. The Morgan fingerprint density at radius 3 is 2.41 bits per heavy atom. The molecule has 0 radical (unpaired) electrons. The summed E-state index contributed by atoms with van der Waals surface area (Å²) in [4.78, 5) is 23.0. The van der Waals surface area contributed by atoms with Crippen LogP contribution in [-0.4, -0.2) is 30.2 Å². The molecule has 0 aliphatic rings. The lowest BCUT2D eigenvalue weighted by atomic mass is 10.2. The fourth-order valence-corrected chi connectivity index (χ4v) is 1.06. The molecule has 0 aromatic rings. The lowest BCUT2D eigenvalue weighted by Crippen LogP contribution is -2.47. The van der Waals surface area contributed by atoms with Gasteiger partial charge in [0.1, 0.15) is 11.6 Å². The second-order valence-corrected chi connectivity index (χ2v) is 4.53. The number of hydrogen-bond acceptors (Lipinski definition) is 3. The van der Waals surface area contributed by atoms with Crippen LogP contribution in [-0.2, 0) is 9.53 Å². The number of alkyl carbamates (subject to hydrolysis) is 1. The monoisotopic (exact) mass is 240 g/mol. The summed E-state index contributed by atoms with van der Waals surface area (Å²) < 4.78 is 5.05. The van der Waals surface area contributed by atoms with Crippen LogP contribution in [0.15, 0.2) is 0 Å². The number of ether oxygens (including phenoxy) is 1. The SMILES string of the molecule is C#CCNC(=O)[C@@H](CC)NC(=O)OC(C)(C)C. The molecule has 0 aliphatic heterocycles. The van der Waals surface area contributed by atoms with E-state index in [1.165, 1.54) is 0 Å². The standard InChI is InChI=1S/C12H20N2O3/c1-6-8-13-10(15)9(7-2)14-11(16)17-12(3,4)5/h1,9H,7-8H2,2-5H3,(H,13,15)(H,14,16)/t9-/m1/s1. The van der Waals surface area contributed by atoms with E-state index < -0.39 is 17.7 Å². The van der Waals surface area contributed by atoms with Gasteiger partial charge in [0.15, 0.2) is 0 Å². The zero-order valence-corrected chi connectivity index (χ0v) is 10.8. The van der Waals surface area contributed by atoms with Crippen LogP contribution in [0.5, 0.6) is 0 Å². The molecule has 0 aromatic carbocycles. The highest BCUT2D eigenvalue weighted by atomic mass is 16.6. The van der Waals surface area contributed by atoms with Crippen molar-refractivity contribution in [3.8, 4) is 12.3 Å². The molecule has 17 heavy (non-hydrogen) atoms. The van der Waals surface area contributed by atoms with E-state index in [1.54, 1.807) is 27.7 Å². The van der Waals surface area contributed by atoms with Gasteiger partial charge in [0.05, 0.1) is 6.54 Å².